The number of anilines is 6. The van der Waals surface area contributed by atoms with Crippen LogP contribution in [0.3, 0.4) is 0 Å². The second-order valence-electron chi connectivity index (χ2n) is 18.0. The lowest BCUT2D eigenvalue weighted by atomic mass is 9.89. The van der Waals surface area contributed by atoms with Crippen molar-refractivity contribution in [3.63, 3.8) is 0 Å². The molecule has 4 heteroatoms. The molecule has 4 nitrogen and oxygen atoms in total. The highest BCUT2D eigenvalue weighted by Crippen LogP contribution is 2.52. The zero-order chi connectivity index (χ0) is 46.1. The summed E-state index contributed by atoms with van der Waals surface area (Å²) in [6.07, 6.45) is 0. The van der Waals surface area contributed by atoms with Gasteiger partial charge in [0.15, 0.2) is 11.2 Å². The standard InChI is InChI=1S/C66H42N2O2/c1-3-19-45(20-4-1)51-38-39-59(68(58-31-15-25-44-23-9-10-26-50(44)58)61-33-17-30-55-53-28-12-14-35-63(53)70-66(55)61)57-42-49(41-56(64(51)57)46-21-5-2-6-22-46)67(48-37-36-43-18-7-8-24-47(43)40-48)60-32-16-29-54-52-27-11-13-34-62(52)69-65(54)60/h1-42H. The van der Waals surface area contributed by atoms with Crippen LogP contribution in [0, 0.1) is 0 Å². The summed E-state index contributed by atoms with van der Waals surface area (Å²) in [5, 5.41) is 11.1. The Hall–Kier alpha value is -9.38. The van der Waals surface area contributed by atoms with E-state index >= 15 is 0 Å². The smallest absolute Gasteiger partial charge is 0.159 e. The second kappa shape index (κ2) is 16.2. The number of rotatable bonds is 8. The van der Waals surface area contributed by atoms with Crippen LogP contribution < -0.4 is 9.80 Å². The molecule has 0 aliphatic heterocycles. The molecule has 0 unspecified atom stereocenters. The number of nitrogens with zero attached hydrogens (tertiary/aromatic N) is 2. The highest BCUT2D eigenvalue weighted by Gasteiger charge is 2.27. The molecule has 0 saturated carbocycles. The fraction of sp³-hybridized carbons (Fsp3) is 0. The Labute approximate surface area is 404 Å². The van der Waals surface area contributed by atoms with Gasteiger partial charge in [0.1, 0.15) is 11.2 Å². The molecule has 2 aromatic heterocycles. The quantitative estimate of drug-likeness (QED) is 0.152. The molecule has 328 valence electrons. The van der Waals surface area contributed by atoms with E-state index in [1.54, 1.807) is 0 Å². The molecule has 0 aliphatic carbocycles. The van der Waals surface area contributed by atoms with E-state index in [0.29, 0.717) is 0 Å². The van der Waals surface area contributed by atoms with Crippen LogP contribution >= 0.6 is 0 Å². The Kier molecular flexibility index (Phi) is 9.17. The molecule has 14 aromatic rings. The molecule has 0 bridgehead atoms. The number of furan rings is 2. The van der Waals surface area contributed by atoms with E-state index in [4.69, 9.17) is 8.83 Å². The van der Waals surface area contributed by atoms with E-state index in [1.807, 2.05) is 12.1 Å². The lowest BCUT2D eigenvalue weighted by Gasteiger charge is -2.31. The van der Waals surface area contributed by atoms with Crippen molar-refractivity contribution in [2.24, 2.45) is 0 Å². The first-order chi connectivity index (χ1) is 34.7. The van der Waals surface area contributed by atoms with Gasteiger partial charge in [-0.2, -0.15) is 0 Å². The van der Waals surface area contributed by atoms with Crippen molar-refractivity contribution in [2.45, 2.75) is 0 Å². The summed E-state index contributed by atoms with van der Waals surface area (Å²) in [7, 11) is 0. The maximum absolute atomic E-state index is 6.94. The molecule has 0 radical (unpaired) electrons. The lowest BCUT2D eigenvalue weighted by molar-refractivity contribution is 0.668. The second-order valence-corrected chi connectivity index (χ2v) is 18.0. The van der Waals surface area contributed by atoms with Crippen molar-refractivity contribution in [1.82, 2.24) is 0 Å². The van der Waals surface area contributed by atoms with Gasteiger partial charge >= 0.3 is 0 Å². The average Bonchev–Trinajstić information content (AvgIpc) is 4.01. The Bertz CT molecular complexity index is 4320. The van der Waals surface area contributed by atoms with E-state index in [9.17, 15) is 0 Å². The third-order valence-corrected chi connectivity index (χ3v) is 14.0. The van der Waals surface area contributed by atoms with Gasteiger partial charge in [0, 0.05) is 43.7 Å². The molecule has 0 saturated heterocycles. The largest absolute Gasteiger partial charge is 0.454 e. The number of hydrogen-bond acceptors (Lipinski definition) is 4. The average molecular weight is 895 g/mol. The zero-order valence-corrected chi connectivity index (χ0v) is 38.0. The number of para-hydroxylation sites is 4. The zero-order valence-electron chi connectivity index (χ0n) is 38.0. The summed E-state index contributed by atoms with van der Waals surface area (Å²) in [4.78, 5) is 4.83. The van der Waals surface area contributed by atoms with Crippen LogP contribution in [0.2, 0.25) is 0 Å². The van der Waals surface area contributed by atoms with Crippen LogP contribution in [0.25, 0.3) is 98.4 Å². The van der Waals surface area contributed by atoms with E-state index < -0.39 is 0 Å². The predicted molar refractivity (Wildman–Crippen MR) is 294 cm³/mol. The molecule has 0 spiro atoms. The minimum atomic E-state index is 0.824. The SMILES string of the molecule is c1ccc(-c2ccc(N(c3cccc4ccccc34)c3cccc4c3oc3ccccc34)c3cc(N(c4ccc5ccccc5c4)c4cccc5c4oc4ccccc45)cc(-c4ccccc4)c23)cc1. The van der Waals surface area contributed by atoms with E-state index in [0.717, 1.165) is 127 Å². The predicted octanol–water partition coefficient (Wildman–Crippen LogP) is 19.2. The van der Waals surface area contributed by atoms with Crippen LogP contribution in [0.1, 0.15) is 0 Å². The first-order valence-electron chi connectivity index (χ1n) is 23.8. The van der Waals surface area contributed by atoms with Gasteiger partial charge in [-0.05, 0) is 104 Å². The van der Waals surface area contributed by atoms with Gasteiger partial charge in [-0.15, -0.1) is 0 Å². The van der Waals surface area contributed by atoms with Gasteiger partial charge in [-0.3, -0.25) is 0 Å². The first kappa shape index (κ1) is 39.8. The van der Waals surface area contributed by atoms with Gasteiger partial charge < -0.3 is 18.6 Å². The van der Waals surface area contributed by atoms with Gasteiger partial charge in [-0.1, -0.05) is 194 Å². The molecule has 0 atom stereocenters. The molecule has 2 heterocycles. The molecule has 70 heavy (non-hydrogen) atoms. The molecule has 0 fully saturated rings. The number of benzene rings is 12. The van der Waals surface area contributed by atoms with Crippen LogP contribution in [-0.4, -0.2) is 0 Å². The monoisotopic (exact) mass is 894 g/mol. The fourth-order valence-corrected chi connectivity index (χ4v) is 10.8. The summed E-state index contributed by atoms with van der Waals surface area (Å²) in [6, 6.07) is 91.4. The highest BCUT2D eigenvalue weighted by atomic mass is 16.3. The molecule has 0 amide bonds. The van der Waals surface area contributed by atoms with Crippen LogP contribution in [0.4, 0.5) is 34.1 Å². The normalized spacial score (nSPS) is 11.7. The number of fused-ring (bicyclic) bond motifs is 9. The topological polar surface area (TPSA) is 32.8 Å². The van der Waals surface area contributed by atoms with Gasteiger partial charge in [0.05, 0.1) is 22.7 Å². The van der Waals surface area contributed by atoms with Gasteiger partial charge in [0.2, 0.25) is 0 Å². The summed E-state index contributed by atoms with van der Waals surface area (Å²) in [6.45, 7) is 0. The maximum atomic E-state index is 6.94. The number of hydrogen-bond donors (Lipinski definition) is 0. The Morgan fingerprint density at radius 2 is 0.757 bits per heavy atom. The third-order valence-electron chi connectivity index (χ3n) is 14.0. The molecule has 0 aliphatic rings. The molecule has 0 N–H and O–H groups in total. The summed E-state index contributed by atoms with van der Waals surface area (Å²) < 4.78 is 13.8. The van der Waals surface area contributed by atoms with E-state index in [2.05, 4.69) is 252 Å². The Morgan fingerprint density at radius 3 is 1.44 bits per heavy atom. The van der Waals surface area contributed by atoms with Crippen LogP contribution in [-0.2, 0) is 0 Å². The summed E-state index contributed by atoms with van der Waals surface area (Å²) in [5.74, 6) is 0. The van der Waals surface area contributed by atoms with Crippen molar-refractivity contribution in [2.75, 3.05) is 9.80 Å². The van der Waals surface area contributed by atoms with Gasteiger partial charge in [0.25, 0.3) is 0 Å². The highest BCUT2D eigenvalue weighted by molar-refractivity contribution is 6.19. The summed E-state index contributed by atoms with van der Waals surface area (Å²) >= 11 is 0. The van der Waals surface area contributed by atoms with Crippen molar-refractivity contribution in [1.29, 1.82) is 0 Å². The van der Waals surface area contributed by atoms with Crippen LogP contribution in [0.15, 0.2) is 264 Å². The molecular weight excluding hydrogens is 853 g/mol. The summed E-state index contributed by atoms with van der Waals surface area (Å²) in [5.41, 5.74) is 13.8. The van der Waals surface area contributed by atoms with Gasteiger partial charge in [-0.25, -0.2) is 0 Å². The first-order valence-corrected chi connectivity index (χ1v) is 23.8. The Balaban J connectivity index is 1.15. The molecule has 12 aromatic carbocycles. The van der Waals surface area contributed by atoms with Crippen LogP contribution in [0.5, 0.6) is 0 Å². The Morgan fingerprint density at radius 1 is 0.257 bits per heavy atom. The molecule has 14 rings (SSSR count). The van der Waals surface area contributed by atoms with Crippen molar-refractivity contribution < 1.29 is 8.83 Å². The molecular formula is C66H42N2O2. The minimum absolute atomic E-state index is 0.824. The van der Waals surface area contributed by atoms with E-state index in [-0.39, 0.29) is 0 Å². The minimum Gasteiger partial charge on any atom is -0.454 e. The van der Waals surface area contributed by atoms with Crippen molar-refractivity contribution in [3.8, 4) is 22.3 Å². The lowest BCUT2D eigenvalue weighted by Crippen LogP contribution is -2.13. The fourth-order valence-electron chi connectivity index (χ4n) is 10.8. The third kappa shape index (κ3) is 6.38. The van der Waals surface area contributed by atoms with Crippen molar-refractivity contribution >= 4 is 110 Å². The van der Waals surface area contributed by atoms with Crippen molar-refractivity contribution in [3.05, 3.63) is 255 Å². The van der Waals surface area contributed by atoms with E-state index in [1.165, 1.54) is 5.39 Å². The maximum Gasteiger partial charge on any atom is 0.159 e.